The number of hydrogen-bond acceptors (Lipinski definition) is 5. The molecule has 0 aliphatic carbocycles. The number of nitrogens with two attached hydrogens (primary N) is 1. The second kappa shape index (κ2) is 7.61. The average Bonchev–Trinajstić information content (AvgIpc) is 2.53. The lowest BCUT2D eigenvalue weighted by atomic mass is 10.2. The molecule has 0 aromatic heterocycles. The van der Waals surface area contributed by atoms with E-state index in [-0.39, 0.29) is 5.91 Å². The zero-order chi connectivity index (χ0) is 15.9. The van der Waals surface area contributed by atoms with E-state index >= 15 is 0 Å². The van der Waals surface area contributed by atoms with Crippen LogP contribution in [0.2, 0.25) is 0 Å². The summed E-state index contributed by atoms with van der Waals surface area (Å²) >= 11 is 1.43. The molecule has 6 heteroatoms. The van der Waals surface area contributed by atoms with Gasteiger partial charge in [-0.25, -0.2) is 0 Å². The van der Waals surface area contributed by atoms with Crippen LogP contribution in [0.5, 0.6) is 11.5 Å². The number of anilines is 2. The summed E-state index contributed by atoms with van der Waals surface area (Å²) in [6.45, 7) is 0. The fraction of sp³-hybridized carbons (Fsp3) is 0.188. The zero-order valence-corrected chi connectivity index (χ0v) is 13.3. The predicted octanol–water partition coefficient (Wildman–Crippen LogP) is 3.02. The fourth-order valence-electron chi connectivity index (χ4n) is 1.84. The molecule has 0 radical (unpaired) electrons. The molecule has 0 unspecified atom stereocenters. The minimum atomic E-state index is -0.115. The molecule has 2 aromatic rings. The number of thioether (sulfide) groups is 1. The van der Waals surface area contributed by atoms with Crippen LogP contribution < -0.4 is 20.5 Å². The Bertz CT molecular complexity index is 662. The van der Waals surface area contributed by atoms with Crippen molar-refractivity contribution >= 4 is 29.0 Å². The Morgan fingerprint density at radius 3 is 2.68 bits per heavy atom. The van der Waals surface area contributed by atoms with E-state index in [9.17, 15) is 4.79 Å². The third-order valence-corrected chi connectivity index (χ3v) is 3.90. The lowest BCUT2D eigenvalue weighted by Gasteiger charge is -2.11. The molecule has 3 N–H and O–H groups in total. The molecule has 5 nitrogen and oxygen atoms in total. The van der Waals surface area contributed by atoms with Crippen molar-refractivity contribution in [3.05, 3.63) is 42.5 Å². The molecule has 1 amide bonds. The first kappa shape index (κ1) is 16.0. The Morgan fingerprint density at radius 2 is 2.00 bits per heavy atom. The predicted molar refractivity (Wildman–Crippen MR) is 89.8 cm³/mol. The Balaban J connectivity index is 1.97. The first-order chi connectivity index (χ1) is 10.6. The Hall–Kier alpha value is -2.34. The Kier molecular flexibility index (Phi) is 5.55. The molecule has 0 saturated carbocycles. The molecule has 2 rings (SSSR count). The van der Waals surface area contributed by atoms with E-state index in [0.717, 1.165) is 4.90 Å². The third kappa shape index (κ3) is 4.33. The Labute approximate surface area is 133 Å². The van der Waals surface area contributed by atoms with Crippen LogP contribution >= 0.6 is 11.8 Å². The van der Waals surface area contributed by atoms with Crippen molar-refractivity contribution in [3.8, 4) is 11.5 Å². The summed E-state index contributed by atoms with van der Waals surface area (Å²) < 4.78 is 10.4. The van der Waals surface area contributed by atoms with E-state index in [1.807, 2.05) is 24.3 Å². The topological polar surface area (TPSA) is 73.6 Å². The number of amides is 1. The van der Waals surface area contributed by atoms with Crippen molar-refractivity contribution in [3.63, 3.8) is 0 Å². The van der Waals surface area contributed by atoms with E-state index < -0.39 is 0 Å². The van der Waals surface area contributed by atoms with Crippen molar-refractivity contribution in [2.24, 2.45) is 0 Å². The molecule has 116 valence electrons. The molecule has 0 heterocycles. The van der Waals surface area contributed by atoms with Gasteiger partial charge in [-0.15, -0.1) is 11.8 Å². The van der Waals surface area contributed by atoms with Gasteiger partial charge in [0.05, 0.1) is 25.7 Å². The quantitative estimate of drug-likeness (QED) is 0.632. The molecule has 0 spiro atoms. The summed E-state index contributed by atoms with van der Waals surface area (Å²) in [6, 6.07) is 12.7. The number of nitrogens with one attached hydrogen (secondary N) is 1. The van der Waals surface area contributed by atoms with Crippen LogP contribution in [-0.4, -0.2) is 25.9 Å². The van der Waals surface area contributed by atoms with Crippen LogP contribution in [0.4, 0.5) is 11.4 Å². The van der Waals surface area contributed by atoms with Gasteiger partial charge in [0, 0.05) is 16.6 Å². The minimum Gasteiger partial charge on any atom is -0.497 e. The van der Waals surface area contributed by atoms with Gasteiger partial charge in [0.15, 0.2) is 0 Å². The minimum absolute atomic E-state index is 0.115. The number of methoxy groups -OCH3 is 2. The lowest BCUT2D eigenvalue weighted by molar-refractivity contribution is -0.113. The average molecular weight is 318 g/mol. The highest BCUT2D eigenvalue weighted by Crippen LogP contribution is 2.29. The maximum Gasteiger partial charge on any atom is 0.234 e. The third-order valence-electron chi connectivity index (χ3n) is 2.91. The molecule has 2 aromatic carbocycles. The zero-order valence-electron chi connectivity index (χ0n) is 12.5. The van der Waals surface area contributed by atoms with Crippen LogP contribution in [0.1, 0.15) is 0 Å². The van der Waals surface area contributed by atoms with Crippen molar-refractivity contribution in [2.45, 2.75) is 4.90 Å². The number of carbonyl (C=O) groups excluding carboxylic acids is 1. The van der Waals surface area contributed by atoms with Crippen LogP contribution in [0.15, 0.2) is 47.4 Å². The number of benzene rings is 2. The van der Waals surface area contributed by atoms with Gasteiger partial charge in [0.25, 0.3) is 0 Å². The molecular weight excluding hydrogens is 300 g/mol. The number of nitrogen functional groups attached to an aromatic ring is 1. The van der Waals surface area contributed by atoms with Crippen LogP contribution in [-0.2, 0) is 4.79 Å². The molecule has 0 aliphatic rings. The summed E-state index contributed by atoms with van der Waals surface area (Å²) in [5.74, 6) is 1.40. The lowest BCUT2D eigenvalue weighted by Crippen LogP contribution is -2.14. The van der Waals surface area contributed by atoms with Crippen molar-refractivity contribution in [1.29, 1.82) is 0 Å². The van der Waals surface area contributed by atoms with Crippen molar-refractivity contribution < 1.29 is 14.3 Å². The maximum atomic E-state index is 12.0. The molecule has 0 bridgehead atoms. The second-order valence-electron chi connectivity index (χ2n) is 4.48. The summed E-state index contributed by atoms with van der Waals surface area (Å²) in [6.07, 6.45) is 0. The maximum absolute atomic E-state index is 12.0. The highest BCUT2D eigenvalue weighted by atomic mass is 32.2. The van der Waals surface area contributed by atoms with Gasteiger partial charge in [-0.3, -0.25) is 4.79 Å². The SMILES string of the molecule is COc1ccc(NC(=O)CSc2cccc(N)c2)c(OC)c1. The largest absolute Gasteiger partial charge is 0.497 e. The number of rotatable bonds is 6. The van der Waals surface area contributed by atoms with Gasteiger partial charge in [-0.1, -0.05) is 6.07 Å². The second-order valence-corrected chi connectivity index (χ2v) is 5.52. The van der Waals surface area contributed by atoms with Crippen molar-refractivity contribution in [1.82, 2.24) is 0 Å². The normalized spacial score (nSPS) is 10.1. The van der Waals surface area contributed by atoms with Gasteiger partial charge in [-0.05, 0) is 30.3 Å². The van der Waals surface area contributed by atoms with Gasteiger partial charge in [-0.2, -0.15) is 0 Å². The van der Waals surface area contributed by atoms with Crippen LogP contribution in [0.25, 0.3) is 0 Å². The smallest absolute Gasteiger partial charge is 0.234 e. The molecule has 0 aliphatic heterocycles. The highest BCUT2D eigenvalue weighted by molar-refractivity contribution is 8.00. The monoisotopic (exact) mass is 318 g/mol. The summed E-state index contributed by atoms with van der Waals surface area (Å²) in [5.41, 5.74) is 7.01. The van der Waals surface area contributed by atoms with Crippen LogP contribution in [0.3, 0.4) is 0 Å². The first-order valence-electron chi connectivity index (χ1n) is 6.62. The van der Waals surface area contributed by atoms with Gasteiger partial charge >= 0.3 is 0 Å². The van der Waals surface area contributed by atoms with Crippen molar-refractivity contribution in [2.75, 3.05) is 31.0 Å². The van der Waals surface area contributed by atoms with Gasteiger partial charge < -0.3 is 20.5 Å². The van der Waals surface area contributed by atoms with Crippen LogP contribution in [0, 0.1) is 0 Å². The fourth-order valence-corrected chi connectivity index (χ4v) is 2.61. The molecular formula is C16H18N2O3S. The number of carbonyl (C=O) groups is 1. The Morgan fingerprint density at radius 1 is 1.18 bits per heavy atom. The number of ether oxygens (including phenoxy) is 2. The number of hydrogen-bond donors (Lipinski definition) is 2. The molecule has 22 heavy (non-hydrogen) atoms. The first-order valence-corrected chi connectivity index (χ1v) is 7.61. The summed E-state index contributed by atoms with van der Waals surface area (Å²) in [4.78, 5) is 13.0. The van der Waals surface area contributed by atoms with Gasteiger partial charge in [0.2, 0.25) is 5.91 Å². The van der Waals surface area contributed by atoms with E-state index in [1.165, 1.54) is 11.8 Å². The van der Waals surface area contributed by atoms with Gasteiger partial charge in [0.1, 0.15) is 11.5 Å². The molecule has 0 atom stereocenters. The molecule has 0 fully saturated rings. The van der Waals surface area contributed by atoms with E-state index in [0.29, 0.717) is 28.6 Å². The van der Waals surface area contributed by atoms with E-state index in [2.05, 4.69) is 5.32 Å². The standard InChI is InChI=1S/C16H18N2O3S/c1-20-12-6-7-14(15(9-12)21-2)18-16(19)10-22-13-5-3-4-11(17)8-13/h3-9H,10,17H2,1-2H3,(H,18,19). The van der Waals surface area contributed by atoms with E-state index in [4.69, 9.17) is 15.2 Å². The highest BCUT2D eigenvalue weighted by Gasteiger charge is 2.09. The summed E-state index contributed by atoms with van der Waals surface area (Å²) in [5, 5.41) is 2.83. The molecule has 0 saturated heterocycles. The van der Waals surface area contributed by atoms with E-state index in [1.54, 1.807) is 32.4 Å². The summed E-state index contributed by atoms with van der Waals surface area (Å²) in [7, 11) is 3.13.